The standard InChI is InChI=1S/C18H21NO3/c1-19-8-7-18-11-4-5-13(20)17(18)22-16-14(21-2)6-3-10(15(16)18)9-12(11)19/h3-6,11-13,17,20H,7-9H2,1-2H3/t11-,12+,13?,17?,18-/m0/s1/i1D3,3D,6D,9D2. The quantitative estimate of drug-likeness (QED) is 0.799. The fraction of sp³-hybridized carbons (Fsp3) is 0.556. The SMILES string of the molecule is [2H]c1c([2H])c2c3c(c1OC)OC1C(O)C=C[C@H]4[C@H](N(C([2H])([2H])[2H])CC[C@]314)C2([2H])[2H]. The molecule has 1 fully saturated rings. The molecule has 0 radical (unpaired) electrons. The zero-order chi connectivity index (χ0) is 21.1. The molecule has 2 heterocycles. The molecule has 1 spiro atoms. The summed E-state index contributed by atoms with van der Waals surface area (Å²) in [5.41, 5.74) is -0.424. The fourth-order valence-corrected chi connectivity index (χ4v) is 4.66. The van der Waals surface area contributed by atoms with Crippen LogP contribution >= 0.6 is 0 Å². The minimum Gasteiger partial charge on any atom is -0.493 e. The maximum Gasteiger partial charge on any atom is 0.165 e. The van der Waals surface area contributed by atoms with Crippen molar-refractivity contribution in [1.82, 2.24) is 4.90 Å². The van der Waals surface area contributed by atoms with Gasteiger partial charge in [-0.15, -0.1) is 0 Å². The van der Waals surface area contributed by atoms with Crippen LogP contribution in [0.4, 0.5) is 0 Å². The van der Waals surface area contributed by atoms with Crippen molar-refractivity contribution < 1.29 is 24.2 Å². The van der Waals surface area contributed by atoms with Crippen LogP contribution in [0, 0.1) is 5.92 Å². The van der Waals surface area contributed by atoms with E-state index in [1.807, 2.05) is 0 Å². The Morgan fingerprint density at radius 3 is 3.27 bits per heavy atom. The number of aliphatic hydroxyl groups excluding tert-OH is 1. The molecule has 116 valence electrons. The molecule has 2 bridgehead atoms. The molecular formula is C18H21NO3. The van der Waals surface area contributed by atoms with Crippen LogP contribution in [-0.4, -0.2) is 48.9 Å². The average Bonchev–Trinajstić information content (AvgIpc) is 2.95. The van der Waals surface area contributed by atoms with Crippen molar-refractivity contribution in [3.8, 4) is 11.5 Å². The largest absolute Gasteiger partial charge is 0.493 e. The summed E-state index contributed by atoms with van der Waals surface area (Å²) in [5, 5.41) is 10.7. The molecule has 4 aliphatic rings. The fourth-order valence-electron chi connectivity index (χ4n) is 4.66. The van der Waals surface area contributed by atoms with Gasteiger partial charge in [0.15, 0.2) is 11.5 Å². The number of rotatable bonds is 1. The van der Waals surface area contributed by atoms with E-state index in [0.29, 0.717) is 12.0 Å². The van der Waals surface area contributed by atoms with Gasteiger partial charge in [0.1, 0.15) is 12.2 Å². The minimum atomic E-state index is -2.52. The van der Waals surface area contributed by atoms with Crippen molar-refractivity contribution in [2.24, 2.45) is 5.92 Å². The smallest absolute Gasteiger partial charge is 0.165 e. The number of aliphatic hydroxyl groups is 1. The lowest BCUT2D eigenvalue weighted by atomic mass is 9.53. The van der Waals surface area contributed by atoms with Gasteiger partial charge in [0.25, 0.3) is 0 Å². The second-order valence-electron chi connectivity index (χ2n) is 6.38. The summed E-state index contributed by atoms with van der Waals surface area (Å²) in [6.45, 7) is -2.41. The van der Waals surface area contributed by atoms with Gasteiger partial charge >= 0.3 is 0 Å². The molecule has 1 aromatic carbocycles. The van der Waals surface area contributed by atoms with Crippen LogP contribution < -0.4 is 9.47 Å². The highest BCUT2D eigenvalue weighted by atomic mass is 16.5. The van der Waals surface area contributed by atoms with Crippen LogP contribution in [0.15, 0.2) is 24.2 Å². The Balaban J connectivity index is 1.90. The summed E-state index contributed by atoms with van der Waals surface area (Å²) < 4.78 is 70.1. The summed E-state index contributed by atoms with van der Waals surface area (Å²) in [7, 11) is 1.36. The van der Waals surface area contributed by atoms with Crippen LogP contribution in [-0.2, 0) is 11.8 Å². The first-order valence-electron chi connectivity index (χ1n) is 11.0. The van der Waals surface area contributed by atoms with E-state index < -0.39 is 42.9 Å². The Hall–Kier alpha value is -1.52. The molecule has 2 unspecified atom stereocenters. The molecule has 2 aliphatic carbocycles. The Labute approximate surface area is 140 Å². The number of likely N-dealkylation sites (N-methyl/N-ethyl adjacent to an activating group) is 1. The third kappa shape index (κ3) is 1.28. The van der Waals surface area contributed by atoms with Gasteiger partial charge in [0.05, 0.1) is 9.85 Å². The average molecular weight is 306 g/mol. The number of methoxy groups -OCH3 is 1. The Morgan fingerprint density at radius 2 is 2.45 bits per heavy atom. The van der Waals surface area contributed by atoms with Gasteiger partial charge in [0.2, 0.25) is 0 Å². The van der Waals surface area contributed by atoms with Gasteiger partial charge in [-0.25, -0.2) is 0 Å². The molecule has 4 nitrogen and oxygen atoms in total. The van der Waals surface area contributed by atoms with Crippen molar-refractivity contribution in [3.63, 3.8) is 0 Å². The van der Waals surface area contributed by atoms with E-state index in [4.69, 9.17) is 19.1 Å². The minimum absolute atomic E-state index is 0.0153. The van der Waals surface area contributed by atoms with E-state index in [-0.39, 0.29) is 35.7 Å². The molecule has 5 atom stereocenters. The van der Waals surface area contributed by atoms with E-state index in [0.717, 1.165) is 0 Å². The van der Waals surface area contributed by atoms with Crippen LogP contribution in [0.5, 0.6) is 11.5 Å². The molecule has 1 saturated heterocycles. The van der Waals surface area contributed by atoms with Crippen molar-refractivity contribution in [2.45, 2.75) is 36.5 Å². The lowest BCUT2D eigenvalue weighted by Gasteiger charge is -2.56. The van der Waals surface area contributed by atoms with E-state index in [2.05, 4.69) is 0 Å². The molecule has 0 saturated carbocycles. The topological polar surface area (TPSA) is 41.9 Å². The molecule has 0 aromatic heterocycles. The molecule has 0 amide bonds. The first kappa shape index (κ1) is 7.84. The van der Waals surface area contributed by atoms with Crippen molar-refractivity contribution in [3.05, 3.63) is 35.4 Å². The van der Waals surface area contributed by atoms with Crippen molar-refractivity contribution in [2.75, 3.05) is 20.6 Å². The first-order valence-corrected chi connectivity index (χ1v) is 7.49. The van der Waals surface area contributed by atoms with Gasteiger partial charge in [-0.3, -0.25) is 0 Å². The van der Waals surface area contributed by atoms with E-state index in [1.165, 1.54) is 18.1 Å². The van der Waals surface area contributed by atoms with Gasteiger partial charge in [-0.2, -0.15) is 0 Å². The highest BCUT2D eigenvalue weighted by Crippen LogP contribution is 2.62. The zero-order valence-corrected chi connectivity index (χ0v) is 12.1. The monoisotopic (exact) mass is 306 g/mol. The predicted molar refractivity (Wildman–Crippen MR) is 82.5 cm³/mol. The number of ether oxygens (including phenoxy) is 2. The van der Waals surface area contributed by atoms with Crippen LogP contribution in [0.2, 0.25) is 0 Å². The number of benzene rings is 1. The summed E-state index contributed by atoms with van der Waals surface area (Å²) in [4.78, 5) is 1.19. The zero-order valence-electron chi connectivity index (χ0n) is 19.1. The maximum atomic E-state index is 10.7. The van der Waals surface area contributed by atoms with Crippen LogP contribution in [0.3, 0.4) is 0 Å². The number of hydrogen-bond acceptors (Lipinski definition) is 4. The number of likely N-dealkylation sites (tertiary alicyclic amines) is 1. The molecule has 1 N–H and O–H groups in total. The van der Waals surface area contributed by atoms with Crippen LogP contribution in [0.25, 0.3) is 0 Å². The lowest BCUT2D eigenvalue weighted by molar-refractivity contribution is -0.0453. The van der Waals surface area contributed by atoms with Gasteiger partial charge in [0, 0.05) is 29.8 Å². The summed E-state index contributed by atoms with van der Waals surface area (Å²) in [5.74, 6) is -0.309. The summed E-state index contributed by atoms with van der Waals surface area (Å²) in [6.07, 6.45) is -0.367. The Kier molecular flexibility index (Phi) is 1.45. The lowest BCUT2D eigenvalue weighted by Crippen LogP contribution is -2.64. The normalized spacial score (nSPS) is 48.5. The van der Waals surface area contributed by atoms with Gasteiger partial charge in [-0.1, -0.05) is 18.2 Å². The molecular weight excluding hydrogens is 278 g/mol. The second-order valence-corrected chi connectivity index (χ2v) is 6.38. The Morgan fingerprint density at radius 1 is 1.55 bits per heavy atom. The maximum absolute atomic E-state index is 10.7. The van der Waals surface area contributed by atoms with E-state index >= 15 is 0 Å². The molecule has 2 aliphatic heterocycles. The van der Waals surface area contributed by atoms with Gasteiger partial charge in [-0.05, 0) is 37.9 Å². The second kappa shape index (κ2) is 4.06. The molecule has 22 heavy (non-hydrogen) atoms. The number of nitrogens with zero attached hydrogens (tertiary/aromatic N) is 1. The molecule has 4 heteroatoms. The third-order valence-electron chi connectivity index (χ3n) is 5.56. The van der Waals surface area contributed by atoms with Crippen LogP contribution in [0.1, 0.15) is 27.1 Å². The third-order valence-corrected chi connectivity index (χ3v) is 5.56. The number of piperidine rings is 1. The first-order chi connectivity index (χ1) is 13.5. The Bertz CT molecular complexity index is 947. The molecule has 1 aromatic rings. The summed E-state index contributed by atoms with van der Waals surface area (Å²) >= 11 is 0. The van der Waals surface area contributed by atoms with Crippen molar-refractivity contribution >= 4 is 0 Å². The highest BCUT2D eigenvalue weighted by Gasteiger charge is 2.64. The van der Waals surface area contributed by atoms with E-state index in [1.54, 1.807) is 6.08 Å². The number of hydrogen-bond donors (Lipinski definition) is 1. The highest BCUT2D eigenvalue weighted by molar-refractivity contribution is 5.62. The summed E-state index contributed by atoms with van der Waals surface area (Å²) in [6, 6.07) is -1.71. The predicted octanol–water partition coefficient (Wildman–Crippen LogP) is 1.50. The van der Waals surface area contributed by atoms with Crippen molar-refractivity contribution in [1.29, 1.82) is 0 Å². The van der Waals surface area contributed by atoms with E-state index in [9.17, 15) is 5.11 Å². The van der Waals surface area contributed by atoms with Gasteiger partial charge < -0.3 is 19.5 Å². The molecule has 5 rings (SSSR count).